The standard InChI is InChI=1S/C17H23NO2/c1-20-14-17-8-10-18(11-9-17)13-16-6-4-15(5-7-16)3-2-12-19/h4-7,17,19H,8-14H2,1H3. The van der Waals surface area contributed by atoms with Gasteiger partial charge in [0.25, 0.3) is 0 Å². The van der Waals surface area contributed by atoms with Crippen molar-refractivity contribution < 1.29 is 9.84 Å². The van der Waals surface area contributed by atoms with E-state index in [0.717, 1.165) is 37.7 Å². The summed E-state index contributed by atoms with van der Waals surface area (Å²) in [4.78, 5) is 2.50. The topological polar surface area (TPSA) is 32.7 Å². The Kier molecular flexibility index (Phi) is 6.07. The third-order valence-corrected chi connectivity index (χ3v) is 3.78. The molecular formula is C17H23NO2. The van der Waals surface area contributed by atoms with Gasteiger partial charge in [-0.3, -0.25) is 4.90 Å². The van der Waals surface area contributed by atoms with Gasteiger partial charge in [-0.05, 0) is 49.5 Å². The van der Waals surface area contributed by atoms with Crippen molar-refractivity contribution in [3.05, 3.63) is 35.4 Å². The Labute approximate surface area is 121 Å². The third-order valence-electron chi connectivity index (χ3n) is 3.78. The number of rotatable bonds is 4. The molecule has 0 aromatic heterocycles. The van der Waals surface area contributed by atoms with Gasteiger partial charge >= 0.3 is 0 Å². The van der Waals surface area contributed by atoms with Crippen LogP contribution in [0, 0.1) is 17.8 Å². The molecule has 0 saturated carbocycles. The van der Waals surface area contributed by atoms with Gasteiger partial charge < -0.3 is 9.84 Å². The van der Waals surface area contributed by atoms with Crippen molar-refractivity contribution in [2.45, 2.75) is 19.4 Å². The smallest absolute Gasteiger partial charge is 0.104 e. The van der Waals surface area contributed by atoms with Gasteiger partial charge in [0.15, 0.2) is 0 Å². The van der Waals surface area contributed by atoms with Crippen molar-refractivity contribution in [2.75, 3.05) is 33.4 Å². The minimum absolute atomic E-state index is 0.0851. The zero-order valence-electron chi connectivity index (χ0n) is 12.1. The lowest BCUT2D eigenvalue weighted by atomic mass is 9.97. The Hall–Kier alpha value is -1.34. The fourth-order valence-corrected chi connectivity index (χ4v) is 2.64. The van der Waals surface area contributed by atoms with E-state index in [4.69, 9.17) is 9.84 Å². The first-order chi connectivity index (χ1) is 9.81. The van der Waals surface area contributed by atoms with E-state index in [1.165, 1.54) is 18.4 Å². The second-order valence-corrected chi connectivity index (χ2v) is 5.33. The number of piperidine rings is 1. The molecule has 1 N–H and O–H groups in total. The normalized spacial score (nSPS) is 16.7. The quantitative estimate of drug-likeness (QED) is 0.850. The summed E-state index contributed by atoms with van der Waals surface area (Å²) in [7, 11) is 1.79. The van der Waals surface area contributed by atoms with Crippen LogP contribution in [-0.2, 0) is 11.3 Å². The lowest BCUT2D eigenvalue weighted by Crippen LogP contribution is -2.34. The average Bonchev–Trinajstić information content (AvgIpc) is 2.49. The summed E-state index contributed by atoms with van der Waals surface area (Å²) in [6.45, 7) is 4.12. The van der Waals surface area contributed by atoms with Gasteiger partial charge in [-0.25, -0.2) is 0 Å². The van der Waals surface area contributed by atoms with E-state index in [0.29, 0.717) is 0 Å². The summed E-state index contributed by atoms with van der Waals surface area (Å²) >= 11 is 0. The lowest BCUT2D eigenvalue weighted by molar-refractivity contribution is 0.0968. The number of ether oxygens (including phenoxy) is 1. The second-order valence-electron chi connectivity index (χ2n) is 5.33. The van der Waals surface area contributed by atoms with Crippen LogP contribution in [0.1, 0.15) is 24.0 Å². The van der Waals surface area contributed by atoms with Crippen molar-refractivity contribution in [3.63, 3.8) is 0 Å². The Balaban J connectivity index is 1.82. The van der Waals surface area contributed by atoms with E-state index in [1.54, 1.807) is 7.11 Å². The molecule has 20 heavy (non-hydrogen) atoms. The van der Waals surface area contributed by atoms with E-state index >= 15 is 0 Å². The molecule has 1 heterocycles. The van der Waals surface area contributed by atoms with Crippen LogP contribution >= 0.6 is 0 Å². The molecule has 0 bridgehead atoms. The van der Waals surface area contributed by atoms with Gasteiger partial charge in [-0.1, -0.05) is 24.0 Å². The van der Waals surface area contributed by atoms with Crippen LogP contribution in [0.15, 0.2) is 24.3 Å². The van der Waals surface area contributed by atoms with Crippen LogP contribution < -0.4 is 0 Å². The Morgan fingerprint density at radius 1 is 1.25 bits per heavy atom. The number of aliphatic hydroxyl groups is 1. The van der Waals surface area contributed by atoms with E-state index in [-0.39, 0.29) is 6.61 Å². The van der Waals surface area contributed by atoms with E-state index in [2.05, 4.69) is 28.9 Å². The number of likely N-dealkylation sites (tertiary alicyclic amines) is 1. The van der Waals surface area contributed by atoms with Crippen molar-refractivity contribution >= 4 is 0 Å². The molecule has 0 radical (unpaired) electrons. The van der Waals surface area contributed by atoms with E-state index in [9.17, 15) is 0 Å². The molecule has 0 atom stereocenters. The molecule has 1 fully saturated rings. The summed E-state index contributed by atoms with van der Waals surface area (Å²) < 4.78 is 5.23. The second kappa shape index (κ2) is 8.06. The van der Waals surface area contributed by atoms with Gasteiger partial charge in [0, 0.05) is 25.8 Å². The maximum absolute atomic E-state index is 8.67. The van der Waals surface area contributed by atoms with Crippen molar-refractivity contribution in [3.8, 4) is 11.8 Å². The highest BCUT2D eigenvalue weighted by atomic mass is 16.5. The highest BCUT2D eigenvalue weighted by Crippen LogP contribution is 2.19. The Morgan fingerprint density at radius 3 is 2.55 bits per heavy atom. The first-order valence-corrected chi connectivity index (χ1v) is 7.22. The number of methoxy groups -OCH3 is 1. The summed E-state index contributed by atoms with van der Waals surface area (Å²) in [5.41, 5.74) is 2.28. The molecule has 0 aliphatic carbocycles. The summed E-state index contributed by atoms with van der Waals surface area (Å²) in [5, 5.41) is 8.67. The summed E-state index contributed by atoms with van der Waals surface area (Å²) in [6, 6.07) is 8.30. The van der Waals surface area contributed by atoms with Gasteiger partial charge in [0.05, 0.1) is 0 Å². The van der Waals surface area contributed by atoms with Gasteiger partial charge in [-0.15, -0.1) is 0 Å². The highest BCUT2D eigenvalue weighted by molar-refractivity contribution is 5.36. The molecule has 2 rings (SSSR count). The molecule has 3 nitrogen and oxygen atoms in total. The molecule has 1 saturated heterocycles. The fraction of sp³-hybridized carbons (Fsp3) is 0.529. The van der Waals surface area contributed by atoms with Gasteiger partial charge in [0.2, 0.25) is 0 Å². The lowest BCUT2D eigenvalue weighted by Gasteiger charge is -2.31. The first-order valence-electron chi connectivity index (χ1n) is 7.22. The maximum Gasteiger partial charge on any atom is 0.104 e. The molecule has 108 valence electrons. The van der Waals surface area contributed by atoms with Crippen LogP contribution in [0.25, 0.3) is 0 Å². The number of hydrogen-bond donors (Lipinski definition) is 1. The van der Waals surface area contributed by atoms with Crippen molar-refractivity contribution in [1.82, 2.24) is 4.90 Å². The van der Waals surface area contributed by atoms with Crippen molar-refractivity contribution in [1.29, 1.82) is 0 Å². The number of nitrogens with zero attached hydrogens (tertiary/aromatic N) is 1. The summed E-state index contributed by atoms with van der Waals surface area (Å²) in [5.74, 6) is 6.31. The monoisotopic (exact) mass is 273 g/mol. The molecule has 0 spiro atoms. The predicted molar refractivity (Wildman–Crippen MR) is 80.3 cm³/mol. The highest BCUT2D eigenvalue weighted by Gasteiger charge is 2.18. The maximum atomic E-state index is 8.67. The first kappa shape index (κ1) is 15.1. The minimum Gasteiger partial charge on any atom is -0.384 e. The minimum atomic E-state index is -0.0851. The molecule has 1 aliphatic rings. The number of hydrogen-bond acceptors (Lipinski definition) is 3. The largest absolute Gasteiger partial charge is 0.384 e. The summed E-state index contributed by atoms with van der Waals surface area (Å²) in [6.07, 6.45) is 2.46. The van der Waals surface area contributed by atoms with E-state index in [1.807, 2.05) is 12.1 Å². The Morgan fingerprint density at radius 2 is 1.95 bits per heavy atom. The number of aliphatic hydroxyl groups excluding tert-OH is 1. The van der Waals surface area contributed by atoms with Crippen LogP contribution in [-0.4, -0.2) is 43.4 Å². The van der Waals surface area contributed by atoms with Crippen LogP contribution in [0.5, 0.6) is 0 Å². The van der Waals surface area contributed by atoms with Gasteiger partial charge in [-0.2, -0.15) is 0 Å². The van der Waals surface area contributed by atoms with Crippen LogP contribution in [0.3, 0.4) is 0 Å². The van der Waals surface area contributed by atoms with Crippen LogP contribution in [0.2, 0.25) is 0 Å². The zero-order chi connectivity index (χ0) is 14.2. The molecule has 1 aromatic rings. The molecule has 0 amide bonds. The zero-order valence-corrected chi connectivity index (χ0v) is 12.1. The van der Waals surface area contributed by atoms with Crippen LogP contribution in [0.4, 0.5) is 0 Å². The van der Waals surface area contributed by atoms with Crippen molar-refractivity contribution in [2.24, 2.45) is 5.92 Å². The van der Waals surface area contributed by atoms with Gasteiger partial charge in [0.1, 0.15) is 6.61 Å². The van der Waals surface area contributed by atoms with E-state index < -0.39 is 0 Å². The predicted octanol–water partition coefficient (Wildman–Crippen LogP) is 1.89. The molecule has 3 heteroatoms. The molecule has 1 aromatic carbocycles. The molecule has 0 unspecified atom stereocenters. The number of benzene rings is 1. The molecule has 1 aliphatic heterocycles. The fourth-order valence-electron chi connectivity index (χ4n) is 2.64. The Bertz CT molecular complexity index is 450. The molecular weight excluding hydrogens is 250 g/mol. The average molecular weight is 273 g/mol. The third kappa shape index (κ3) is 4.64. The SMILES string of the molecule is COCC1CCN(Cc2ccc(C#CCO)cc2)CC1.